The van der Waals surface area contributed by atoms with E-state index >= 15 is 0 Å². The number of hydrogen-bond donors (Lipinski definition) is 1. The maximum atomic E-state index is 12.6. The number of aryl methyl sites for hydroxylation is 2. The molecule has 0 radical (unpaired) electrons. The molecule has 2 aromatic rings. The Bertz CT molecular complexity index is 562. The molecule has 1 N–H and O–H groups in total. The van der Waals surface area contributed by atoms with Crippen LogP contribution in [0.15, 0.2) is 28.8 Å². The van der Waals surface area contributed by atoms with E-state index in [1.54, 1.807) is 6.07 Å². The van der Waals surface area contributed by atoms with Crippen LogP contribution in [0.3, 0.4) is 0 Å². The molecule has 0 aliphatic heterocycles. The van der Waals surface area contributed by atoms with Crippen LogP contribution in [0.4, 0.5) is 8.78 Å². The topological polar surface area (TPSA) is 38.1 Å². The molecule has 0 fully saturated rings. The highest BCUT2D eigenvalue weighted by atomic mass is 19.3. The van der Waals surface area contributed by atoms with Crippen LogP contribution in [-0.2, 0) is 6.54 Å². The highest BCUT2D eigenvalue weighted by molar-refractivity contribution is 5.26. The Balaban J connectivity index is 2.03. The van der Waals surface area contributed by atoms with Crippen LogP contribution in [0.1, 0.15) is 47.5 Å². The monoisotopic (exact) mass is 280 g/mol. The van der Waals surface area contributed by atoms with Crippen LogP contribution in [0.5, 0.6) is 0 Å². The third kappa shape index (κ3) is 3.22. The van der Waals surface area contributed by atoms with Crippen molar-refractivity contribution in [3.8, 4) is 0 Å². The molecular formula is C15H18F2N2O. The smallest absolute Gasteiger partial charge is 0.263 e. The number of alkyl halides is 2. The van der Waals surface area contributed by atoms with Gasteiger partial charge in [0.1, 0.15) is 5.76 Å². The first-order valence-corrected chi connectivity index (χ1v) is 6.52. The summed E-state index contributed by atoms with van der Waals surface area (Å²) in [5.74, 6) is 0.781. The Morgan fingerprint density at radius 3 is 2.65 bits per heavy atom. The summed E-state index contributed by atoms with van der Waals surface area (Å²) in [7, 11) is 0. The first kappa shape index (κ1) is 14.7. The Labute approximate surface area is 117 Å². The van der Waals surface area contributed by atoms with Crippen molar-refractivity contribution in [3.05, 3.63) is 52.4 Å². The fourth-order valence-corrected chi connectivity index (χ4v) is 2.32. The summed E-state index contributed by atoms with van der Waals surface area (Å²) in [5.41, 5.74) is 2.76. The van der Waals surface area contributed by atoms with Crippen LogP contribution in [-0.4, -0.2) is 5.16 Å². The number of halogens is 2. The van der Waals surface area contributed by atoms with E-state index in [0.717, 1.165) is 22.6 Å². The van der Waals surface area contributed by atoms with E-state index in [-0.39, 0.29) is 11.6 Å². The van der Waals surface area contributed by atoms with Gasteiger partial charge in [0.2, 0.25) is 0 Å². The maximum Gasteiger partial charge on any atom is 0.263 e. The van der Waals surface area contributed by atoms with Crippen LogP contribution in [0, 0.1) is 13.8 Å². The zero-order chi connectivity index (χ0) is 14.7. The zero-order valence-corrected chi connectivity index (χ0v) is 11.8. The van der Waals surface area contributed by atoms with Crippen molar-refractivity contribution >= 4 is 0 Å². The van der Waals surface area contributed by atoms with Crippen molar-refractivity contribution in [1.82, 2.24) is 10.5 Å². The minimum Gasteiger partial charge on any atom is -0.361 e. The first-order valence-electron chi connectivity index (χ1n) is 6.52. The molecule has 0 aliphatic carbocycles. The van der Waals surface area contributed by atoms with Gasteiger partial charge < -0.3 is 9.84 Å². The van der Waals surface area contributed by atoms with Crippen molar-refractivity contribution < 1.29 is 13.3 Å². The van der Waals surface area contributed by atoms with Crippen molar-refractivity contribution in [2.24, 2.45) is 0 Å². The SMILES string of the molecule is Cc1noc(C)c1C(C)NCc1cccc(C(F)F)c1. The highest BCUT2D eigenvalue weighted by Crippen LogP contribution is 2.22. The van der Waals surface area contributed by atoms with Crippen molar-refractivity contribution in [2.45, 2.75) is 39.8 Å². The normalized spacial score (nSPS) is 12.9. The molecule has 0 bridgehead atoms. The number of nitrogens with one attached hydrogen (secondary N) is 1. The number of rotatable bonds is 5. The molecule has 2 rings (SSSR count). The van der Waals surface area contributed by atoms with Crippen molar-refractivity contribution in [1.29, 1.82) is 0 Å². The second-order valence-corrected chi connectivity index (χ2v) is 4.89. The van der Waals surface area contributed by atoms with E-state index in [0.29, 0.717) is 6.54 Å². The van der Waals surface area contributed by atoms with Crippen LogP contribution >= 0.6 is 0 Å². The molecule has 1 atom stereocenters. The summed E-state index contributed by atoms with van der Waals surface area (Å²) < 4.78 is 30.4. The van der Waals surface area contributed by atoms with Gasteiger partial charge in [-0.2, -0.15) is 0 Å². The molecular weight excluding hydrogens is 262 g/mol. The standard InChI is InChI=1S/C15H18F2N2O/c1-9(14-10(2)19-20-11(14)3)18-8-12-5-4-6-13(7-12)15(16)17/h4-7,9,15,18H,8H2,1-3H3. The molecule has 0 saturated heterocycles. The quantitative estimate of drug-likeness (QED) is 0.896. The molecule has 0 aliphatic rings. The second kappa shape index (κ2) is 6.13. The summed E-state index contributed by atoms with van der Waals surface area (Å²) >= 11 is 0. The van der Waals surface area contributed by atoms with E-state index in [1.165, 1.54) is 12.1 Å². The van der Waals surface area contributed by atoms with Gasteiger partial charge in [-0.1, -0.05) is 23.4 Å². The lowest BCUT2D eigenvalue weighted by molar-refractivity contribution is 0.151. The van der Waals surface area contributed by atoms with Gasteiger partial charge in [0.25, 0.3) is 6.43 Å². The van der Waals surface area contributed by atoms with E-state index in [2.05, 4.69) is 10.5 Å². The fourth-order valence-electron chi connectivity index (χ4n) is 2.32. The maximum absolute atomic E-state index is 12.6. The van der Waals surface area contributed by atoms with Crippen LogP contribution < -0.4 is 5.32 Å². The van der Waals surface area contributed by atoms with Gasteiger partial charge in [0, 0.05) is 23.7 Å². The summed E-state index contributed by atoms with van der Waals surface area (Å²) in [5, 5.41) is 7.22. The Kier molecular flexibility index (Phi) is 4.49. The number of hydrogen-bond acceptors (Lipinski definition) is 3. The first-order chi connectivity index (χ1) is 9.49. The Hall–Kier alpha value is -1.75. The van der Waals surface area contributed by atoms with Crippen LogP contribution in [0.2, 0.25) is 0 Å². The van der Waals surface area contributed by atoms with E-state index in [4.69, 9.17) is 4.52 Å². The van der Waals surface area contributed by atoms with Crippen molar-refractivity contribution in [2.75, 3.05) is 0 Å². The lowest BCUT2D eigenvalue weighted by Gasteiger charge is -2.14. The highest BCUT2D eigenvalue weighted by Gasteiger charge is 2.16. The summed E-state index contributed by atoms with van der Waals surface area (Å²) in [6.07, 6.45) is -2.44. The molecule has 1 aromatic heterocycles. The van der Waals surface area contributed by atoms with Gasteiger partial charge in [-0.05, 0) is 32.4 Å². The predicted molar refractivity (Wildman–Crippen MR) is 72.6 cm³/mol. The largest absolute Gasteiger partial charge is 0.361 e. The predicted octanol–water partition coefficient (Wildman–Crippen LogP) is 4.08. The molecule has 20 heavy (non-hydrogen) atoms. The fraction of sp³-hybridized carbons (Fsp3) is 0.400. The minimum atomic E-state index is -2.44. The zero-order valence-electron chi connectivity index (χ0n) is 11.8. The average Bonchev–Trinajstić information content (AvgIpc) is 2.76. The van der Waals surface area contributed by atoms with Gasteiger partial charge in [-0.15, -0.1) is 0 Å². The second-order valence-electron chi connectivity index (χ2n) is 4.89. The molecule has 0 spiro atoms. The molecule has 1 aromatic carbocycles. The molecule has 108 valence electrons. The van der Waals surface area contributed by atoms with E-state index in [1.807, 2.05) is 26.8 Å². The van der Waals surface area contributed by atoms with Gasteiger partial charge in [0.05, 0.1) is 5.69 Å². The average molecular weight is 280 g/mol. The molecule has 0 amide bonds. The molecule has 1 heterocycles. The van der Waals surface area contributed by atoms with Gasteiger partial charge in [-0.3, -0.25) is 0 Å². The van der Waals surface area contributed by atoms with E-state index < -0.39 is 6.43 Å². The number of nitrogens with zero attached hydrogens (tertiary/aromatic N) is 1. The minimum absolute atomic E-state index is 0.0503. The molecule has 1 unspecified atom stereocenters. The molecule has 3 nitrogen and oxygen atoms in total. The molecule has 5 heteroatoms. The number of benzene rings is 1. The number of aromatic nitrogens is 1. The lowest BCUT2D eigenvalue weighted by atomic mass is 10.1. The van der Waals surface area contributed by atoms with Gasteiger partial charge in [-0.25, -0.2) is 8.78 Å². The van der Waals surface area contributed by atoms with Crippen LogP contribution in [0.25, 0.3) is 0 Å². The summed E-state index contributed by atoms with van der Waals surface area (Å²) in [6, 6.07) is 6.50. The van der Waals surface area contributed by atoms with E-state index in [9.17, 15) is 8.78 Å². The Morgan fingerprint density at radius 2 is 2.05 bits per heavy atom. The third-order valence-corrected chi connectivity index (χ3v) is 3.34. The van der Waals surface area contributed by atoms with Gasteiger partial charge in [0.15, 0.2) is 0 Å². The van der Waals surface area contributed by atoms with Crippen molar-refractivity contribution in [3.63, 3.8) is 0 Å². The lowest BCUT2D eigenvalue weighted by Crippen LogP contribution is -2.19. The molecule has 0 saturated carbocycles. The summed E-state index contributed by atoms with van der Waals surface area (Å²) in [6.45, 7) is 6.28. The Morgan fingerprint density at radius 1 is 1.30 bits per heavy atom. The summed E-state index contributed by atoms with van der Waals surface area (Å²) in [4.78, 5) is 0. The third-order valence-electron chi connectivity index (χ3n) is 3.34. The van der Waals surface area contributed by atoms with Gasteiger partial charge >= 0.3 is 0 Å².